The number of hydrazine groups is 1. The van der Waals surface area contributed by atoms with Crippen LogP contribution in [0.5, 0.6) is 0 Å². The third-order valence-electron chi connectivity index (χ3n) is 4.88. The van der Waals surface area contributed by atoms with Crippen LogP contribution in [0.25, 0.3) is 0 Å². The van der Waals surface area contributed by atoms with E-state index < -0.39 is 0 Å². The molecule has 2 saturated heterocycles. The van der Waals surface area contributed by atoms with E-state index in [0.29, 0.717) is 13.2 Å². The van der Waals surface area contributed by atoms with Crippen molar-refractivity contribution < 1.29 is 9.53 Å². The Morgan fingerprint density at radius 2 is 1.96 bits per heavy atom. The highest BCUT2D eigenvalue weighted by atomic mass is 16.5. The fourth-order valence-electron chi connectivity index (χ4n) is 3.42. The van der Waals surface area contributed by atoms with Crippen LogP contribution < -0.4 is 21.5 Å². The Kier molecular flexibility index (Phi) is 6.25. The average Bonchev–Trinajstić information content (AvgIpc) is 2.93. The summed E-state index contributed by atoms with van der Waals surface area (Å²) in [4.78, 5) is 14.5. The van der Waals surface area contributed by atoms with Crippen molar-refractivity contribution in [1.82, 2.24) is 26.4 Å². The Labute approximate surface area is 149 Å². The van der Waals surface area contributed by atoms with Gasteiger partial charge in [-0.05, 0) is 19.4 Å². The zero-order chi connectivity index (χ0) is 17.6. The number of benzene rings is 1. The van der Waals surface area contributed by atoms with Crippen molar-refractivity contribution in [2.45, 2.75) is 44.6 Å². The predicted octanol–water partition coefficient (Wildman–Crippen LogP) is 0.440. The molecule has 3 rings (SSSR count). The van der Waals surface area contributed by atoms with Crippen LogP contribution >= 0.6 is 0 Å². The number of hydrogen-bond acceptors (Lipinski definition) is 5. The molecule has 2 amide bonds. The van der Waals surface area contributed by atoms with Crippen LogP contribution in [0.2, 0.25) is 0 Å². The Balaban J connectivity index is 1.41. The van der Waals surface area contributed by atoms with E-state index in [0.717, 1.165) is 19.6 Å². The molecule has 0 bridgehead atoms. The summed E-state index contributed by atoms with van der Waals surface area (Å²) in [5, 5.41) is 5.97. The lowest BCUT2D eigenvalue weighted by Crippen LogP contribution is -2.53. The van der Waals surface area contributed by atoms with Gasteiger partial charge in [0.2, 0.25) is 0 Å². The first-order valence-corrected chi connectivity index (χ1v) is 9.05. The van der Waals surface area contributed by atoms with Crippen molar-refractivity contribution in [2.24, 2.45) is 0 Å². The zero-order valence-electron chi connectivity index (χ0n) is 15.0. The largest absolute Gasteiger partial charge is 0.374 e. The first-order chi connectivity index (χ1) is 12.1. The van der Waals surface area contributed by atoms with E-state index in [9.17, 15) is 4.79 Å². The molecule has 7 nitrogen and oxygen atoms in total. The summed E-state index contributed by atoms with van der Waals surface area (Å²) < 4.78 is 5.80. The van der Waals surface area contributed by atoms with Crippen molar-refractivity contribution in [3.05, 3.63) is 35.9 Å². The first kappa shape index (κ1) is 18.1. The number of carbonyl (C=O) groups excluding carboxylic acids is 1. The molecule has 4 N–H and O–H groups in total. The summed E-state index contributed by atoms with van der Waals surface area (Å²) in [6.07, 6.45) is 0.0258. The van der Waals surface area contributed by atoms with Crippen molar-refractivity contribution in [3.63, 3.8) is 0 Å². The van der Waals surface area contributed by atoms with E-state index >= 15 is 0 Å². The smallest absolute Gasteiger partial charge is 0.315 e. The van der Waals surface area contributed by atoms with E-state index in [1.807, 2.05) is 19.9 Å². The molecule has 3 atom stereocenters. The molecule has 2 heterocycles. The number of morpholine rings is 1. The number of urea groups is 1. The second kappa shape index (κ2) is 8.62. The standard InChI is InChI=1S/C18H29N5O2/c1-13-17(14(2)22-21-13)20-18(24)19-10-16-12-23(8-9-25-16)11-15-6-4-3-5-7-15/h3-7,13-14,16-17,21-22H,8-12H2,1-2H3,(H2,19,20,24). The summed E-state index contributed by atoms with van der Waals surface area (Å²) in [6.45, 7) is 7.99. The number of nitrogens with zero attached hydrogens (tertiary/aromatic N) is 1. The molecule has 7 heteroatoms. The van der Waals surface area contributed by atoms with Gasteiger partial charge in [0.05, 0.1) is 18.8 Å². The molecule has 0 aromatic heterocycles. The zero-order valence-corrected chi connectivity index (χ0v) is 15.0. The van der Waals surface area contributed by atoms with Crippen molar-refractivity contribution in [3.8, 4) is 0 Å². The number of rotatable bonds is 5. The van der Waals surface area contributed by atoms with Gasteiger partial charge in [-0.2, -0.15) is 0 Å². The molecule has 0 aliphatic carbocycles. The minimum absolute atomic E-state index is 0.0258. The Hall–Kier alpha value is -1.67. The van der Waals surface area contributed by atoms with Gasteiger partial charge in [-0.15, -0.1) is 0 Å². The quantitative estimate of drug-likeness (QED) is 0.622. The minimum Gasteiger partial charge on any atom is -0.374 e. The molecule has 0 saturated carbocycles. The molecule has 3 unspecified atom stereocenters. The highest BCUT2D eigenvalue weighted by Crippen LogP contribution is 2.10. The van der Waals surface area contributed by atoms with Crippen molar-refractivity contribution >= 4 is 6.03 Å². The minimum atomic E-state index is -0.141. The first-order valence-electron chi connectivity index (χ1n) is 9.05. The van der Waals surface area contributed by atoms with Crippen molar-refractivity contribution in [2.75, 3.05) is 26.2 Å². The van der Waals surface area contributed by atoms with Crippen LogP contribution in [0.15, 0.2) is 30.3 Å². The van der Waals surface area contributed by atoms with Gasteiger partial charge in [-0.1, -0.05) is 30.3 Å². The highest BCUT2D eigenvalue weighted by Gasteiger charge is 2.31. The van der Waals surface area contributed by atoms with Gasteiger partial charge in [0.15, 0.2) is 0 Å². The van der Waals surface area contributed by atoms with Crippen LogP contribution in [-0.2, 0) is 11.3 Å². The van der Waals surface area contributed by atoms with Gasteiger partial charge < -0.3 is 15.4 Å². The van der Waals surface area contributed by atoms with E-state index in [1.165, 1.54) is 5.56 Å². The lowest BCUT2D eigenvalue weighted by atomic mass is 10.1. The third-order valence-corrected chi connectivity index (χ3v) is 4.88. The van der Waals surface area contributed by atoms with Crippen LogP contribution in [0, 0.1) is 0 Å². The molecule has 2 fully saturated rings. The van der Waals surface area contributed by atoms with Crippen LogP contribution in [0.1, 0.15) is 19.4 Å². The fraction of sp³-hybridized carbons (Fsp3) is 0.611. The van der Waals surface area contributed by atoms with E-state index in [1.54, 1.807) is 0 Å². The summed E-state index contributed by atoms with van der Waals surface area (Å²) in [7, 11) is 0. The van der Waals surface area contributed by atoms with E-state index in [2.05, 4.69) is 50.7 Å². The van der Waals surface area contributed by atoms with Gasteiger partial charge in [-0.3, -0.25) is 15.8 Å². The summed E-state index contributed by atoms with van der Waals surface area (Å²) in [5.74, 6) is 0. The lowest BCUT2D eigenvalue weighted by molar-refractivity contribution is -0.0287. The Bertz CT molecular complexity index is 546. The maximum atomic E-state index is 12.2. The summed E-state index contributed by atoms with van der Waals surface area (Å²) >= 11 is 0. The van der Waals surface area contributed by atoms with Crippen LogP contribution in [-0.4, -0.2) is 61.4 Å². The maximum absolute atomic E-state index is 12.2. The summed E-state index contributed by atoms with van der Waals surface area (Å²) in [6, 6.07) is 10.8. The predicted molar refractivity (Wildman–Crippen MR) is 97.0 cm³/mol. The van der Waals surface area contributed by atoms with Crippen LogP contribution in [0.4, 0.5) is 4.79 Å². The molecule has 0 radical (unpaired) electrons. The number of amides is 2. The maximum Gasteiger partial charge on any atom is 0.315 e. The van der Waals surface area contributed by atoms with Gasteiger partial charge >= 0.3 is 6.03 Å². The molecule has 0 spiro atoms. The van der Waals surface area contributed by atoms with Gasteiger partial charge in [0.1, 0.15) is 0 Å². The molecule has 2 aliphatic heterocycles. The molecule has 2 aliphatic rings. The number of ether oxygens (including phenoxy) is 1. The molecular formula is C18H29N5O2. The van der Waals surface area contributed by atoms with E-state index in [4.69, 9.17) is 4.74 Å². The van der Waals surface area contributed by atoms with Crippen LogP contribution in [0.3, 0.4) is 0 Å². The highest BCUT2D eigenvalue weighted by molar-refractivity contribution is 5.74. The Morgan fingerprint density at radius 1 is 1.24 bits per heavy atom. The SMILES string of the molecule is CC1NNC(C)C1NC(=O)NCC1CN(Cc2ccccc2)CCO1. The van der Waals surface area contributed by atoms with E-state index in [-0.39, 0.29) is 30.3 Å². The fourth-order valence-corrected chi connectivity index (χ4v) is 3.42. The van der Waals surface area contributed by atoms with Gasteiger partial charge in [0, 0.05) is 38.3 Å². The Morgan fingerprint density at radius 3 is 2.68 bits per heavy atom. The lowest BCUT2D eigenvalue weighted by Gasteiger charge is -2.33. The summed E-state index contributed by atoms with van der Waals surface area (Å²) in [5.41, 5.74) is 7.57. The third kappa shape index (κ3) is 5.15. The second-order valence-electron chi connectivity index (χ2n) is 6.96. The van der Waals surface area contributed by atoms with Gasteiger partial charge in [-0.25, -0.2) is 4.79 Å². The molecule has 25 heavy (non-hydrogen) atoms. The number of hydrogen-bond donors (Lipinski definition) is 4. The molecule has 1 aromatic rings. The molecule has 1 aromatic carbocycles. The van der Waals surface area contributed by atoms with Gasteiger partial charge in [0.25, 0.3) is 0 Å². The molecule has 138 valence electrons. The van der Waals surface area contributed by atoms with Crippen molar-refractivity contribution in [1.29, 1.82) is 0 Å². The average molecular weight is 347 g/mol. The molecular weight excluding hydrogens is 318 g/mol. The second-order valence-corrected chi connectivity index (χ2v) is 6.96. The number of nitrogens with one attached hydrogen (secondary N) is 4. The number of carbonyl (C=O) groups is 1. The monoisotopic (exact) mass is 347 g/mol. The topological polar surface area (TPSA) is 77.7 Å². The normalized spacial score (nSPS) is 30.2.